The number of carbonyl (C=O) groups is 1. The average Bonchev–Trinajstić information content (AvgIpc) is 2.51. The first-order chi connectivity index (χ1) is 10.6. The zero-order valence-electron chi connectivity index (χ0n) is 12.2. The number of carbonyl (C=O) groups excluding carboxylic acids is 1. The Morgan fingerprint density at radius 3 is 2.45 bits per heavy atom. The molecule has 3 nitrogen and oxygen atoms in total. The number of hydrogen-bond acceptors (Lipinski definition) is 2. The number of ether oxygens (including phenoxy) is 1. The Hall–Kier alpha value is -2.43. The Morgan fingerprint density at radius 1 is 1.09 bits per heavy atom. The van der Waals surface area contributed by atoms with E-state index in [2.05, 4.69) is 12.2 Å². The van der Waals surface area contributed by atoms with Crippen LogP contribution < -0.4 is 10.1 Å². The van der Waals surface area contributed by atoms with Crippen LogP contribution in [0.2, 0.25) is 0 Å². The molecule has 2 rings (SSSR count). The van der Waals surface area contributed by atoms with Crippen molar-refractivity contribution in [3.63, 3.8) is 0 Å². The van der Waals surface area contributed by atoms with E-state index in [-0.39, 0.29) is 18.3 Å². The summed E-state index contributed by atoms with van der Waals surface area (Å²) in [6.07, 6.45) is 2.06. The molecule has 2 aromatic rings. The minimum atomic E-state index is -1.01. The van der Waals surface area contributed by atoms with E-state index in [0.29, 0.717) is 5.69 Å². The normalized spacial score (nSPS) is 10.3. The Morgan fingerprint density at radius 2 is 1.82 bits per heavy atom. The SMILES string of the molecule is CCCc1ccc(NC(=O)COc2ccc(F)c(F)c2)cc1. The summed E-state index contributed by atoms with van der Waals surface area (Å²) < 4.78 is 30.9. The van der Waals surface area contributed by atoms with Gasteiger partial charge in [-0.05, 0) is 36.2 Å². The molecule has 1 amide bonds. The molecular weight excluding hydrogens is 288 g/mol. The fourth-order valence-corrected chi connectivity index (χ4v) is 1.96. The summed E-state index contributed by atoms with van der Waals surface area (Å²) in [6.45, 7) is 1.83. The van der Waals surface area contributed by atoms with E-state index in [0.717, 1.165) is 25.0 Å². The molecule has 0 atom stereocenters. The number of hydrogen-bond donors (Lipinski definition) is 1. The van der Waals surface area contributed by atoms with Crippen LogP contribution >= 0.6 is 0 Å². The van der Waals surface area contributed by atoms with Gasteiger partial charge in [0.05, 0.1) is 0 Å². The van der Waals surface area contributed by atoms with E-state index in [1.54, 1.807) is 0 Å². The number of anilines is 1. The highest BCUT2D eigenvalue weighted by molar-refractivity contribution is 5.91. The first-order valence-corrected chi connectivity index (χ1v) is 7.05. The number of aryl methyl sites for hydroxylation is 1. The Kier molecular flexibility index (Phi) is 5.47. The van der Waals surface area contributed by atoms with Crippen molar-refractivity contribution < 1.29 is 18.3 Å². The van der Waals surface area contributed by atoms with Gasteiger partial charge in [0.2, 0.25) is 0 Å². The van der Waals surface area contributed by atoms with Gasteiger partial charge in [-0.1, -0.05) is 25.5 Å². The monoisotopic (exact) mass is 305 g/mol. The van der Waals surface area contributed by atoms with Crippen LogP contribution in [-0.4, -0.2) is 12.5 Å². The molecule has 1 N–H and O–H groups in total. The molecule has 0 aliphatic rings. The minimum Gasteiger partial charge on any atom is -0.484 e. The van der Waals surface area contributed by atoms with E-state index in [1.165, 1.54) is 11.6 Å². The third-order valence-electron chi connectivity index (χ3n) is 3.04. The van der Waals surface area contributed by atoms with Crippen LogP contribution in [0.3, 0.4) is 0 Å². The zero-order chi connectivity index (χ0) is 15.9. The predicted octanol–water partition coefficient (Wildman–Crippen LogP) is 3.93. The number of rotatable bonds is 6. The molecule has 0 aliphatic heterocycles. The summed E-state index contributed by atoms with van der Waals surface area (Å²) in [7, 11) is 0. The van der Waals surface area contributed by atoms with Crippen LogP contribution in [0.1, 0.15) is 18.9 Å². The summed E-state index contributed by atoms with van der Waals surface area (Å²) in [4.78, 5) is 11.7. The molecule has 5 heteroatoms. The zero-order valence-corrected chi connectivity index (χ0v) is 12.2. The van der Waals surface area contributed by atoms with Crippen LogP contribution in [-0.2, 0) is 11.2 Å². The van der Waals surface area contributed by atoms with E-state index in [1.807, 2.05) is 24.3 Å². The van der Waals surface area contributed by atoms with Crippen molar-refractivity contribution in [2.45, 2.75) is 19.8 Å². The van der Waals surface area contributed by atoms with Crippen molar-refractivity contribution in [1.82, 2.24) is 0 Å². The molecule has 0 bridgehead atoms. The Bertz CT molecular complexity index is 642. The molecule has 0 aliphatic carbocycles. The molecule has 0 heterocycles. The van der Waals surface area contributed by atoms with Crippen molar-refractivity contribution in [2.75, 3.05) is 11.9 Å². The van der Waals surface area contributed by atoms with Gasteiger partial charge < -0.3 is 10.1 Å². The van der Waals surface area contributed by atoms with Crippen molar-refractivity contribution in [1.29, 1.82) is 0 Å². The second-order valence-corrected chi connectivity index (χ2v) is 4.86. The van der Waals surface area contributed by atoms with Gasteiger partial charge in [-0.25, -0.2) is 8.78 Å². The van der Waals surface area contributed by atoms with Gasteiger partial charge >= 0.3 is 0 Å². The second-order valence-electron chi connectivity index (χ2n) is 4.86. The summed E-state index contributed by atoms with van der Waals surface area (Å²) >= 11 is 0. The second kappa shape index (κ2) is 7.54. The van der Waals surface area contributed by atoms with Gasteiger partial charge in [0.1, 0.15) is 5.75 Å². The number of amides is 1. The Balaban J connectivity index is 1.85. The molecule has 2 aromatic carbocycles. The van der Waals surface area contributed by atoms with Crippen molar-refractivity contribution in [2.24, 2.45) is 0 Å². The number of nitrogens with one attached hydrogen (secondary N) is 1. The molecular formula is C17H17F2NO2. The predicted molar refractivity (Wildman–Crippen MR) is 80.9 cm³/mol. The smallest absolute Gasteiger partial charge is 0.262 e. The van der Waals surface area contributed by atoms with E-state index >= 15 is 0 Å². The van der Waals surface area contributed by atoms with E-state index in [4.69, 9.17) is 4.74 Å². The molecule has 0 saturated carbocycles. The number of benzene rings is 2. The maximum Gasteiger partial charge on any atom is 0.262 e. The van der Waals surface area contributed by atoms with Crippen molar-refractivity contribution in [3.05, 3.63) is 59.7 Å². The lowest BCUT2D eigenvalue weighted by molar-refractivity contribution is -0.118. The lowest BCUT2D eigenvalue weighted by Crippen LogP contribution is -2.20. The summed E-state index contributed by atoms with van der Waals surface area (Å²) in [5.74, 6) is -2.23. The largest absolute Gasteiger partial charge is 0.484 e. The fourth-order valence-electron chi connectivity index (χ4n) is 1.96. The Labute approximate surface area is 127 Å². The molecule has 0 saturated heterocycles. The molecule has 0 radical (unpaired) electrons. The van der Waals surface area contributed by atoms with Crippen LogP contribution in [0.15, 0.2) is 42.5 Å². The quantitative estimate of drug-likeness (QED) is 0.878. The van der Waals surface area contributed by atoms with E-state index < -0.39 is 11.6 Å². The van der Waals surface area contributed by atoms with E-state index in [9.17, 15) is 13.6 Å². The standard InChI is InChI=1S/C17H17F2NO2/c1-2-3-12-4-6-13(7-5-12)20-17(21)11-22-14-8-9-15(18)16(19)10-14/h4-10H,2-3,11H2,1H3,(H,20,21). The van der Waals surface area contributed by atoms with Crippen molar-refractivity contribution >= 4 is 11.6 Å². The van der Waals surface area contributed by atoms with Crippen LogP contribution in [0.4, 0.5) is 14.5 Å². The van der Waals surface area contributed by atoms with Gasteiger partial charge in [-0.2, -0.15) is 0 Å². The fraction of sp³-hybridized carbons (Fsp3) is 0.235. The first-order valence-electron chi connectivity index (χ1n) is 7.05. The average molecular weight is 305 g/mol. The summed E-state index contributed by atoms with van der Waals surface area (Å²) in [5, 5.41) is 2.68. The molecule has 0 spiro atoms. The molecule has 0 fully saturated rings. The molecule has 22 heavy (non-hydrogen) atoms. The maximum atomic E-state index is 13.0. The highest BCUT2D eigenvalue weighted by Crippen LogP contribution is 2.15. The molecule has 116 valence electrons. The summed E-state index contributed by atoms with van der Waals surface area (Å²) in [5.41, 5.74) is 1.87. The lowest BCUT2D eigenvalue weighted by atomic mass is 10.1. The third-order valence-corrected chi connectivity index (χ3v) is 3.04. The van der Waals surface area contributed by atoms with Gasteiger partial charge in [-0.15, -0.1) is 0 Å². The molecule has 0 unspecified atom stereocenters. The topological polar surface area (TPSA) is 38.3 Å². The van der Waals surface area contributed by atoms with Crippen LogP contribution in [0.5, 0.6) is 5.75 Å². The van der Waals surface area contributed by atoms with Crippen LogP contribution in [0, 0.1) is 11.6 Å². The van der Waals surface area contributed by atoms with Crippen molar-refractivity contribution in [3.8, 4) is 5.75 Å². The summed E-state index contributed by atoms with van der Waals surface area (Å²) in [6, 6.07) is 10.7. The molecule has 0 aromatic heterocycles. The minimum absolute atomic E-state index is 0.104. The van der Waals surface area contributed by atoms with Gasteiger partial charge in [0.25, 0.3) is 5.91 Å². The number of halogens is 2. The highest BCUT2D eigenvalue weighted by Gasteiger charge is 2.07. The lowest BCUT2D eigenvalue weighted by Gasteiger charge is -2.08. The van der Waals surface area contributed by atoms with Crippen LogP contribution in [0.25, 0.3) is 0 Å². The third kappa shape index (κ3) is 4.55. The van der Waals surface area contributed by atoms with Gasteiger partial charge in [0, 0.05) is 11.8 Å². The highest BCUT2D eigenvalue weighted by atomic mass is 19.2. The van der Waals surface area contributed by atoms with Gasteiger partial charge in [-0.3, -0.25) is 4.79 Å². The first kappa shape index (κ1) is 15.9. The maximum absolute atomic E-state index is 13.0. The van der Waals surface area contributed by atoms with Gasteiger partial charge in [0.15, 0.2) is 18.2 Å².